The van der Waals surface area contributed by atoms with Crippen LogP contribution in [0.15, 0.2) is 47.8 Å². The average Bonchev–Trinajstić information content (AvgIpc) is 2.16. The van der Waals surface area contributed by atoms with Gasteiger partial charge in [0.15, 0.2) is 0 Å². The summed E-state index contributed by atoms with van der Waals surface area (Å²) in [4.78, 5) is 0. The van der Waals surface area contributed by atoms with E-state index in [9.17, 15) is 0 Å². The molecule has 1 aliphatic heterocycles. The van der Waals surface area contributed by atoms with Gasteiger partial charge in [0.2, 0.25) is 0 Å². The standard InChI is InChI=1S/C13H14ClN/c1-9-6-12(7-10(2)15-9)11-4-3-5-13(14)8-11/h3-8,12,15H,1-2H3. The summed E-state index contributed by atoms with van der Waals surface area (Å²) >= 11 is 5.98. The fraction of sp³-hybridized carbons (Fsp3) is 0.231. The van der Waals surface area contributed by atoms with Crippen LogP contribution in [0.4, 0.5) is 0 Å². The van der Waals surface area contributed by atoms with Gasteiger partial charge in [-0.05, 0) is 31.5 Å². The van der Waals surface area contributed by atoms with Gasteiger partial charge in [-0.3, -0.25) is 0 Å². The molecule has 78 valence electrons. The van der Waals surface area contributed by atoms with Crippen LogP contribution in [0.2, 0.25) is 5.02 Å². The molecule has 0 aromatic heterocycles. The van der Waals surface area contributed by atoms with Crippen molar-refractivity contribution in [2.24, 2.45) is 0 Å². The van der Waals surface area contributed by atoms with Crippen molar-refractivity contribution in [2.75, 3.05) is 0 Å². The van der Waals surface area contributed by atoms with Crippen molar-refractivity contribution >= 4 is 11.6 Å². The second-order valence-corrected chi connectivity index (χ2v) is 4.34. The smallest absolute Gasteiger partial charge is 0.0409 e. The number of hydrogen-bond acceptors (Lipinski definition) is 1. The maximum absolute atomic E-state index is 5.98. The third-order valence-electron chi connectivity index (χ3n) is 2.49. The number of benzene rings is 1. The first-order valence-corrected chi connectivity index (χ1v) is 5.42. The van der Waals surface area contributed by atoms with E-state index in [1.54, 1.807) is 0 Å². The Bertz CT molecular complexity index is 414. The quantitative estimate of drug-likeness (QED) is 0.757. The highest BCUT2D eigenvalue weighted by molar-refractivity contribution is 6.30. The van der Waals surface area contributed by atoms with E-state index in [-0.39, 0.29) is 0 Å². The van der Waals surface area contributed by atoms with Crippen LogP contribution in [0, 0.1) is 0 Å². The number of dihydropyridines is 1. The topological polar surface area (TPSA) is 12.0 Å². The lowest BCUT2D eigenvalue weighted by Crippen LogP contribution is -2.14. The van der Waals surface area contributed by atoms with Gasteiger partial charge < -0.3 is 5.32 Å². The number of halogens is 1. The van der Waals surface area contributed by atoms with Crippen molar-refractivity contribution in [3.8, 4) is 0 Å². The van der Waals surface area contributed by atoms with E-state index in [0.717, 1.165) is 5.02 Å². The van der Waals surface area contributed by atoms with E-state index in [2.05, 4.69) is 37.4 Å². The maximum atomic E-state index is 5.98. The van der Waals surface area contributed by atoms with Crippen LogP contribution in [0.3, 0.4) is 0 Å². The molecule has 0 saturated heterocycles. The fourth-order valence-corrected chi connectivity index (χ4v) is 2.09. The first-order chi connectivity index (χ1) is 7.15. The van der Waals surface area contributed by atoms with Crippen molar-refractivity contribution < 1.29 is 0 Å². The third kappa shape index (κ3) is 2.42. The van der Waals surface area contributed by atoms with Gasteiger partial charge in [-0.25, -0.2) is 0 Å². The molecule has 1 nitrogen and oxygen atoms in total. The summed E-state index contributed by atoms with van der Waals surface area (Å²) in [6, 6.07) is 8.02. The van der Waals surface area contributed by atoms with Gasteiger partial charge in [-0.2, -0.15) is 0 Å². The highest BCUT2D eigenvalue weighted by Gasteiger charge is 2.11. The molecule has 0 saturated carbocycles. The summed E-state index contributed by atoms with van der Waals surface area (Å²) in [5.41, 5.74) is 3.63. The molecular formula is C13H14ClN. The predicted molar refractivity (Wildman–Crippen MR) is 64.8 cm³/mol. The molecule has 0 atom stereocenters. The molecule has 0 unspecified atom stereocenters. The molecule has 1 N–H and O–H groups in total. The lowest BCUT2D eigenvalue weighted by Gasteiger charge is -2.19. The second-order valence-electron chi connectivity index (χ2n) is 3.91. The van der Waals surface area contributed by atoms with Gasteiger partial charge in [0.1, 0.15) is 0 Å². The van der Waals surface area contributed by atoms with Crippen LogP contribution in [0.25, 0.3) is 0 Å². The molecule has 1 heterocycles. The van der Waals surface area contributed by atoms with Crippen molar-refractivity contribution in [3.05, 3.63) is 58.4 Å². The molecule has 2 rings (SSSR count). The lowest BCUT2D eigenvalue weighted by atomic mass is 9.95. The molecule has 0 bridgehead atoms. The van der Waals surface area contributed by atoms with Crippen LogP contribution < -0.4 is 5.32 Å². The Morgan fingerprint density at radius 3 is 2.40 bits per heavy atom. The van der Waals surface area contributed by atoms with Crippen LogP contribution in [0.1, 0.15) is 25.3 Å². The van der Waals surface area contributed by atoms with Crippen molar-refractivity contribution in [1.82, 2.24) is 5.32 Å². The molecule has 2 heteroatoms. The Morgan fingerprint density at radius 1 is 1.13 bits per heavy atom. The van der Waals surface area contributed by atoms with Crippen LogP contribution in [0.5, 0.6) is 0 Å². The van der Waals surface area contributed by atoms with E-state index in [1.807, 2.05) is 18.2 Å². The van der Waals surface area contributed by atoms with Crippen molar-refractivity contribution in [1.29, 1.82) is 0 Å². The van der Waals surface area contributed by atoms with E-state index in [0.29, 0.717) is 5.92 Å². The Balaban J connectivity index is 2.35. The number of nitrogens with one attached hydrogen (secondary N) is 1. The average molecular weight is 220 g/mol. The van der Waals surface area contributed by atoms with E-state index in [1.165, 1.54) is 17.0 Å². The monoisotopic (exact) mass is 219 g/mol. The molecule has 0 amide bonds. The van der Waals surface area contributed by atoms with Crippen molar-refractivity contribution in [3.63, 3.8) is 0 Å². The number of hydrogen-bond donors (Lipinski definition) is 1. The fourth-order valence-electron chi connectivity index (χ4n) is 1.89. The summed E-state index contributed by atoms with van der Waals surface area (Å²) in [6.45, 7) is 4.15. The van der Waals surface area contributed by atoms with Crippen LogP contribution in [-0.4, -0.2) is 0 Å². The zero-order valence-electron chi connectivity index (χ0n) is 8.92. The molecule has 1 aliphatic rings. The number of rotatable bonds is 1. The number of allylic oxidation sites excluding steroid dienone is 4. The zero-order chi connectivity index (χ0) is 10.8. The Morgan fingerprint density at radius 2 is 1.80 bits per heavy atom. The molecule has 0 aliphatic carbocycles. The second kappa shape index (κ2) is 4.11. The van der Waals surface area contributed by atoms with Gasteiger partial charge in [0.05, 0.1) is 0 Å². The Kier molecular flexibility index (Phi) is 2.83. The highest BCUT2D eigenvalue weighted by atomic mass is 35.5. The Labute approximate surface area is 95.5 Å². The van der Waals surface area contributed by atoms with Gasteiger partial charge >= 0.3 is 0 Å². The first kappa shape index (κ1) is 10.3. The molecule has 0 spiro atoms. The third-order valence-corrected chi connectivity index (χ3v) is 2.72. The van der Waals surface area contributed by atoms with Gasteiger partial charge in [-0.15, -0.1) is 0 Å². The SMILES string of the molecule is CC1=CC(c2cccc(Cl)c2)C=C(C)N1. The molecular weight excluding hydrogens is 206 g/mol. The summed E-state index contributed by atoms with van der Waals surface area (Å²) in [6.07, 6.45) is 4.41. The summed E-state index contributed by atoms with van der Waals surface area (Å²) in [5, 5.41) is 4.08. The largest absolute Gasteiger partial charge is 0.363 e. The summed E-state index contributed by atoms with van der Waals surface area (Å²) in [7, 11) is 0. The molecule has 1 aromatic rings. The van der Waals surface area contributed by atoms with E-state index >= 15 is 0 Å². The lowest BCUT2D eigenvalue weighted by molar-refractivity contribution is 0.870. The van der Waals surface area contributed by atoms with Gasteiger partial charge in [0, 0.05) is 22.3 Å². The zero-order valence-corrected chi connectivity index (χ0v) is 9.68. The minimum atomic E-state index is 0.338. The minimum Gasteiger partial charge on any atom is -0.363 e. The van der Waals surface area contributed by atoms with Crippen LogP contribution in [-0.2, 0) is 0 Å². The Hall–Kier alpha value is -1.21. The van der Waals surface area contributed by atoms with Gasteiger partial charge in [0.25, 0.3) is 0 Å². The van der Waals surface area contributed by atoms with Crippen molar-refractivity contribution in [2.45, 2.75) is 19.8 Å². The first-order valence-electron chi connectivity index (χ1n) is 5.04. The van der Waals surface area contributed by atoms with E-state index in [4.69, 9.17) is 11.6 Å². The predicted octanol–water partition coefficient (Wildman–Crippen LogP) is 3.83. The van der Waals surface area contributed by atoms with Gasteiger partial charge in [-0.1, -0.05) is 35.9 Å². The maximum Gasteiger partial charge on any atom is 0.0409 e. The summed E-state index contributed by atoms with van der Waals surface area (Å²) in [5.74, 6) is 0.338. The molecule has 15 heavy (non-hydrogen) atoms. The van der Waals surface area contributed by atoms with E-state index < -0.39 is 0 Å². The normalized spacial score (nSPS) is 16.7. The minimum absolute atomic E-state index is 0.338. The summed E-state index contributed by atoms with van der Waals surface area (Å²) < 4.78 is 0. The molecule has 1 aromatic carbocycles. The molecule has 0 fully saturated rings. The van der Waals surface area contributed by atoms with Crippen LogP contribution >= 0.6 is 11.6 Å². The highest BCUT2D eigenvalue weighted by Crippen LogP contribution is 2.26. The molecule has 0 radical (unpaired) electrons.